The first-order valence-electron chi connectivity index (χ1n) is 3.11. The summed E-state index contributed by atoms with van der Waals surface area (Å²) < 4.78 is 9.84. The molecule has 62 valence electrons. The quantitative estimate of drug-likeness (QED) is 0.586. The summed E-state index contributed by atoms with van der Waals surface area (Å²) in [5.41, 5.74) is -0.0197. The Morgan fingerprint density at radius 2 is 1.80 bits per heavy atom. The summed E-state index contributed by atoms with van der Waals surface area (Å²) in [6.07, 6.45) is 0. The zero-order valence-electron chi connectivity index (χ0n) is 6.06. The first-order chi connectivity index (χ1) is 4.41. The molecule has 0 amide bonds. The van der Waals surface area contributed by atoms with Gasteiger partial charge in [0.15, 0.2) is 0 Å². The molecule has 0 unspecified atom stereocenters. The van der Waals surface area contributed by atoms with Crippen LogP contribution in [0.4, 0.5) is 0 Å². The van der Waals surface area contributed by atoms with Gasteiger partial charge in [-0.3, -0.25) is 0 Å². The van der Waals surface area contributed by atoms with E-state index in [9.17, 15) is 0 Å². The summed E-state index contributed by atoms with van der Waals surface area (Å²) in [6.45, 7) is 4.93. The monoisotopic (exact) mass is 186 g/mol. The van der Waals surface area contributed by atoms with Gasteiger partial charge < -0.3 is 0 Å². The van der Waals surface area contributed by atoms with Crippen molar-refractivity contribution in [3.63, 3.8) is 0 Å². The van der Waals surface area contributed by atoms with Gasteiger partial charge >= 0.3 is 65.0 Å². The van der Waals surface area contributed by atoms with E-state index in [-0.39, 0.29) is 5.41 Å². The van der Waals surface area contributed by atoms with E-state index in [0.29, 0.717) is 13.2 Å². The molecule has 0 atom stereocenters. The molecule has 10 heavy (non-hydrogen) atoms. The van der Waals surface area contributed by atoms with Crippen LogP contribution in [0.1, 0.15) is 13.8 Å². The Morgan fingerprint density at radius 1 is 1.40 bits per heavy atom. The minimum absolute atomic E-state index is 0.0197. The molecule has 1 aliphatic heterocycles. The Bertz CT molecular complexity index is 109. The Hall–Kier alpha value is 0.600. The van der Waals surface area contributed by atoms with Crippen LogP contribution < -0.4 is 0 Å². The average molecular weight is 187 g/mol. The van der Waals surface area contributed by atoms with Gasteiger partial charge in [0.1, 0.15) is 0 Å². The van der Waals surface area contributed by atoms with Crippen LogP contribution >= 0.6 is 18.5 Å². The average Bonchev–Trinajstić information content (AvgIpc) is 1.79. The molecular weight excluding hydrogens is 174 g/mol. The molecule has 1 aliphatic rings. The third kappa shape index (κ3) is 2.33. The molecule has 0 aliphatic carbocycles. The van der Waals surface area contributed by atoms with E-state index in [4.69, 9.17) is 25.2 Å². The maximum atomic E-state index is 9.07. The van der Waals surface area contributed by atoms with E-state index in [2.05, 4.69) is 0 Å². The summed E-state index contributed by atoms with van der Waals surface area (Å²) in [4.78, 5) is 9.07. The fourth-order valence-corrected chi connectivity index (χ4v) is 2.20. The minimum atomic E-state index is -3.21. The van der Waals surface area contributed by atoms with Gasteiger partial charge in [-0.2, -0.15) is 0 Å². The summed E-state index contributed by atoms with van der Waals surface area (Å²) >= 11 is 5.45. The topological polar surface area (TPSA) is 38.7 Å². The molecule has 0 radical (unpaired) electrons. The van der Waals surface area contributed by atoms with Crippen LogP contribution in [-0.2, 0) is 9.05 Å². The van der Waals surface area contributed by atoms with Gasteiger partial charge in [-0.25, -0.2) is 0 Å². The molecular formula is C5H12ClO3P. The second-order valence-corrected chi connectivity index (χ2v) is 6.27. The van der Waals surface area contributed by atoms with Crippen molar-refractivity contribution in [2.45, 2.75) is 13.8 Å². The molecule has 0 saturated carbocycles. The molecule has 0 spiro atoms. The van der Waals surface area contributed by atoms with Gasteiger partial charge in [0.2, 0.25) is 0 Å². The standard InChI is InChI=1S/C5H12ClO3P/c1-5(2)3-8-10(6,7)9-4-5/h7,10H,3-4H2,1-2H3. The van der Waals surface area contributed by atoms with Crippen LogP contribution in [0.15, 0.2) is 0 Å². The van der Waals surface area contributed by atoms with E-state index in [1.165, 1.54) is 0 Å². The molecule has 0 aromatic heterocycles. The normalized spacial score (nSPS) is 33.2. The number of hydrogen-bond acceptors (Lipinski definition) is 3. The summed E-state index contributed by atoms with van der Waals surface area (Å²) in [7, 11) is -3.21. The van der Waals surface area contributed by atoms with Crippen molar-refractivity contribution in [1.29, 1.82) is 0 Å². The molecule has 1 fully saturated rings. The van der Waals surface area contributed by atoms with E-state index in [1.807, 2.05) is 13.8 Å². The molecule has 1 heterocycles. The van der Waals surface area contributed by atoms with Gasteiger partial charge in [-0.1, -0.05) is 0 Å². The maximum absolute atomic E-state index is 9.07. The molecule has 0 aromatic carbocycles. The van der Waals surface area contributed by atoms with Crippen LogP contribution in [0.25, 0.3) is 0 Å². The zero-order valence-corrected chi connectivity index (χ0v) is 7.81. The number of halogens is 1. The Balaban J connectivity index is 2.46. The van der Waals surface area contributed by atoms with Gasteiger partial charge in [0, 0.05) is 0 Å². The summed E-state index contributed by atoms with van der Waals surface area (Å²) in [5.74, 6) is 0. The van der Waals surface area contributed by atoms with Gasteiger partial charge in [0.05, 0.1) is 0 Å². The SMILES string of the molecule is CC1(C)CO[PH](O)(Cl)OC1. The fourth-order valence-electron chi connectivity index (χ4n) is 0.652. The van der Waals surface area contributed by atoms with Crippen molar-refractivity contribution in [3.8, 4) is 0 Å². The first kappa shape index (κ1) is 8.69. The summed E-state index contributed by atoms with van der Waals surface area (Å²) in [6, 6.07) is 0. The van der Waals surface area contributed by atoms with Gasteiger partial charge in [0.25, 0.3) is 0 Å². The predicted molar refractivity (Wildman–Crippen MR) is 42.1 cm³/mol. The van der Waals surface area contributed by atoms with Crippen LogP contribution in [0.2, 0.25) is 0 Å². The van der Waals surface area contributed by atoms with E-state index < -0.39 is 7.30 Å². The molecule has 5 heteroatoms. The van der Waals surface area contributed by atoms with Crippen LogP contribution in [0.5, 0.6) is 0 Å². The van der Waals surface area contributed by atoms with Crippen LogP contribution in [-0.4, -0.2) is 18.1 Å². The molecule has 0 bridgehead atoms. The molecule has 1 N–H and O–H groups in total. The van der Waals surface area contributed by atoms with Crippen molar-refractivity contribution in [2.75, 3.05) is 13.2 Å². The van der Waals surface area contributed by atoms with Crippen molar-refractivity contribution in [1.82, 2.24) is 0 Å². The third-order valence-corrected chi connectivity index (χ3v) is 2.94. The van der Waals surface area contributed by atoms with E-state index in [1.54, 1.807) is 0 Å². The fraction of sp³-hybridized carbons (Fsp3) is 1.00. The first-order valence-corrected chi connectivity index (χ1v) is 5.88. The molecule has 0 aromatic rings. The van der Waals surface area contributed by atoms with E-state index in [0.717, 1.165) is 0 Å². The van der Waals surface area contributed by atoms with Crippen molar-refractivity contribution in [3.05, 3.63) is 0 Å². The molecule has 1 saturated heterocycles. The predicted octanol–water partition coefficient (Wildman–Crippen LogP) is 1.70. The van der Waals surface area contributed by atoms with E-state index >= 15 is 0 Å². The Kier molecular flexibility index (Phi) is 2.24. The van der Waals surface area contributed by atoms with Crippen LogP contribution in [0.3, 0.4) is 0 Å². The Labute approximate surface area is 65.7 Å². The van der Waals surface area contributed by atoms with Gasteiger partial charge in [-0.15, -0.1) is 0 Å². The Morgan fingerprint density at radius 3 is 2.10 bits per heavy atom. The second-order valence-electron chi connectivity index (χ2n) is 3.25. The number of hydrogen-bond donors (Lipinski definition) is 1. The number of rotatable bonds is 0. The van der Waals surface area contributed by atoms with Crippen molar-refractivity contribution >= 4 is 18.5 Å². The van der Waals surface area contributed by atoms with Crippen LogP contribution in [0, 0.1) is 5.41 Å². The van der Waals surface area contributed by atoms with Crippen molar-refractivity contribution in [2.24, 2.45) is 5.41 Å². The molecule has 1 rings (SSSR count). The molecule has 3 nitrogen and oxygen atoms in total. The second kappa shape index (κ2) is 2.58. The van der Waals surface area contributed by atoms with Crippen molar-refractivity contribution < 1.29 is 13.9 Å². The summed E-state index contributed by atoms with van der Waals surface area (Å²) in [5, 5.41) is 0. The third-order valence-electron chi connectivity index (χ3n) is 1.28. The zero-order chi connectivity index (χ0) is 7.83. The van der Waals surface area contributed by atoms with Gasteiger partial charge in [-0.05, 0) is 0 Å².